The van der Waals surface area contributed by atoms with Crippen LogP contribution in [0.1, 0.15) is 39.0 Å². The summed E-state index contributed by atoms with van der Waals surface area (Å²) < 4.78 is 0. The molecule has 0 aromatic carbocycles. The first kappa shape index (κ1) is 10.4. The zero-order valence-electron chi connectivity index (χ0n) is 9.05. The third kappa shape index (κ3) is 1.58. The van der Waals surface area contributed by atoms with Gasteiger partial charge in [0.25, 0.3) is 0 Å². The summed E-state index contributed by atoms with van der Waals surface area (Å²) in [6, 6.07) is 0. The molecule has 0 bridgehead atoms. The zero-order chi connectivity index (χ0) is 10.2. The summed E-state index contributed by atoms with van der Waals surface area (Å²) >= 11 is 0. The molecular formula is C11H22N2O. The summed E-state index contributed by atoms with van der Waals surface area (Å²) in [5, 5.41) is 13.8. The van der Waals surface area contributed by atoms with Crippen LogP contribution in [0, 0.1) is 5.92 Å². The van der Waals surface area contributed by atoms with Gasteiger partial charge in [0.05, 0.1) is 11.1 Å². The van der Waals surface area contributed by atoms with Gasteiger partial charge in [-0.15, -0.1) is 0 Å². The number of nitrogens with two attached hydrogens (primary N) is 1. The van der Waals surface area contributed by atoms with E-state index in [2.05, 4.69) is 12.2 Å². The van der Waals surface area contributed by atoms with Crippen LogP contribution in [0.5, 0.6) is 0 Å². The topological polar surface area (TPSA) is 58.3 Å². The highest BCUT2D eigenvalue weighted by atomic mass is 16.3. The van der Waals surface area contributed by atoms with Crippen molar-refractivity contribution in [1.82, 2.24) is 5.32 Å². The van der Waals surface area contributed by atoms with Crippen molar-refractivity contribution in [3.8, 4) is 0 Å². The third-order valence-corrected chi connectivity index (χ3v) is 4.15. The Bertz CT molecular complexity index is 215. The Morgan fingerprint density at radius 3 is 2.57 bits per heavy atom. The van der Waals surface area contributed by atoms with Gasteiger partial charge in [0.2, 0.25) is 0 Å². The van der Waals surface area contributed by atoms with E-state index in [1.54, 1.807) is 0 Å². The van der Waals surface area contributed by atoms with Crippen molar-refractivity contribution in [3.63, 3.8) is 0 Å². The summed E-state index contributed by atoms with van der Waals surface area (Å²) in [5.41, 5.74) is 5.26. The van der Waals surface area contributed by atoms with Gasteiger partial charge in [-0.2, -0.15) is 0 Å². The van der Waals surface area contributed by atoms with Crippen LogP contribution >= 0.6 is 0 Å². The van der Waals surface area contributed by atoms with E-state index in [0.717, 1.165) is 44.7 Å². The van der Waals surface area contributed by atoms with Crippen molar-refractivity contribution in [2.45, 2.75) is 50.2 Å². The molecule has 1 aliphatic carbocycles. The van der Waals surface area contributed by atoms with E-state index in [0.29, 0.717) is 0 Å². The fourth-order valence-corrected chi connectivity index (χ4v) is 2.72. The molecule has 1 saturated heterocycles. The standard InChI is InChI=1S/C11H22N2O/c1-9-3-2-5-11(14,6-4-9)10(12)7-13-8-10/h9,13-14H,2-8,12H2,1H3. The van der Waals surface area contributed by atoms with Gasteiger partial charge in [0, 0.05) is 13.1 Å². The Balaban J connectivity index is 2.06. The van der Waals surface area contributed by atoms with E-state index in [-0.39, 0.29) is 5.54 Å². The van der Waals surface area contributed by atoms with Gasteiger partial charge in [0.15, 0.2) is 0 Å². The molecule has 82 valence electrons. The van der Waals surface area contributed by atoms with Crippen molar-refractivity contribution >= 4 is 0 Å². The molecule has 3 heteroatoms. The highest BCUT2D eigenvalue weighted by Gasteiger charge is 2.51. The number of nitrogens with one attached hydrogen (secondary N) is 1. The fourth-order valence-electron chi connectivity index (χ4n) is 2.72. The second kappa shape index (κ2) is 3.47. The smallest absolute Gasteiger partial charge is 0.0851 e. The molecule has 2 rings (SSSR count). The summed E-state index contributed by atoms with van der Waals surface area (Å²) in [6.45, 7) is 3.82. The van der Waals surface area contributed by atoms with Crippen LogP contribution in [-0.2, 0) is 0 Å². The molecule has 0 amide bonds. The van der Waals surface area contributed by atoms with Crippen LogP contribution in [0.25, 0.3) is 0 Å². The molecule has 0 radical (unpaired) electrons. The maximum Gasteiger partial charge on any atom is 0.0851 e. The van der Waals surface area contributed by atoms with E-state index in [4.69, 9.17) is 5.73 Å². The van der Waals surface area contributed by atoms with Crippen molar-refractivity contribution < 1.29 is 5.11 Å². The van der Waals surface area contributed by atoms with E-state index < -0.39 is 5.60 Å². The minimum Gasteiger partial charge on any atom is -0.388 e. The van der Waals surface area contributed by atoms with Crippen molar-refractivity contribution in [2.24, 2.45) is 11.7 Å². The van der Waals surface area contributed by atoms with Crippen LogP contribution in [-0.4, -0.2) is 29.3 Å². The van der Waals surface area contributed by atoms with Crippen molar-refractivity contribution in [2.75, 3.05) is 13.1 Å². The minimum atomic E-state index is -0.608. The van der Waals surface area contributed by atoms with E-state index >= 15 is 0 Å². The molecule has 2 atom stereocenters. The molecule has 0 spiro atoms. The van der Waals surface area contributed by atoms with Gasteiger partial charge in [-0.05, 0) is 25.2 Å². The zero-order valence-corrected chi connectivity index (χ0v) is 9.05. The lowest BCUT2D eigenvalue weighted by Crippen LogP contribution is -2.76. The molecular weight excluding hydrogens is 176 g/mol. The second-order valence-corrected chi connectivity index (χ2v) is 5.33. The molecule has 0 aromatic rings. The Kier molecular flexibility index (Phi) is 2.58. The second-order valence-electron chi connectivity index (χ2n) is 5.33. The van der Waals surface area contributed by atoms with Crippen molar-refractivity contribution in [3.05, 3.63) is 0 Å². The largest absolute Gasteiger partial charge is 0.388 e. The minimum absolute atomic E-state index is 0.350. The maximum atomic E-state index is 10.6. The average molecular weight is 198 g/mol. The van der Waals surface area contributed by atoms with E-state index in [9.17, 15) is 5.11 Å². The van der Waals surface area contributed by atoms with Crippen molar-refractivity contribution in [1.29, 1.82) is 0 Å². The Morgan fingerprint density at radius 2 is 2.00 bits per heavy atom. The molecule has 1 aliphatic heterocycles. The lowest BCUT2D eigenvalue weighted by Gasteiger charge is -2.51. The van der Waals surface area contributed by atoms with Crippen LogP contribution < -0.4 is 11.1 Å². The predicted molar refractivity (Wildman–Crippen MR) is 57.0 cm³/mol. The molecule has 1 saturated carbocycles. The van der Waals surface area contributed by atoms with Gasteiger partial charge >= 0.3 is 0 Å². The van der Waals surface area contributed by atoms with Crippen LogP contribution in [0.15, 0.2) is 0 Å². The fraction of sp³-hybridized carbons (Fsp3) is 1.00. The van der Waals surface area contributed by atoms with Crippen LogP contribution in [0.2, 0.25) is 0 Å². The Morgan fingerprint density at radius 1 is 1.29 bits per heavy atom. The molecule has 2 aliphatic rings. The Hall–Kier alpha value is -0.120. The number of aliphatic hydroxyl groups is 1. The predicted octanol–water partition coefficient (Wildman–Crippen LogP) is 0.618. The molecule has 4 N–H and O–H groups in total. The van der Waals surface area contributed by atoms with E-state index in [1.807, 2.05) is 0 Å². The van der Waals surface area contributed by atoms with Crippen LogP contribution in [0.3, 0.4) is 0 Å². The molecule has 14 heavy (non-hydrogen) atoms. The molecule has 2 fully saturated rings. The first-order valence-electron chi connectivity index (χ1n) is 5.78. The lowest BCUT2D eigenvalue weighted by atomic mass is 9.71. The molecule has 0 aromatic heterocycles. The summed E-state index contributed by atoms with van der Waals surface area (Å²) in [7, 11) is 0. The highest BCUT2D eigenvalue weighted by molar-refractivity contribution is 5.12. The van der Waals surface area contributed by atoms with Gasteiger partial charge in [-0.1, -0.05) is 19.8 Å². The van der Waals surface area contributed by atoms with Gasteiger partial charge in [-0.25, -0.2) is 0 Å². The summed E-state index contributed by atoms with van der Waals surface area (Å²) in [4.78, 5) is 0. The van der Waals surface area contributed by atoms with E-state index in [1.165, 1.54) is 6.42 Å². The quantitative estimate of drug-likeness (QED) is 0.541. The Labute approximate surface area is 86.1 Å². The maximum absolute atomic E-state index is 10.6. The van der Waals surface area contributed by atoms with Crippen LogP contribution in [0.4, 0.5) is 0 Å². The molecule has 2 unspecified atom stereocenters. The summed E-state index contributed by atoms with van der Waals surface area (Å²) in [6.07, 6.45) is 5.25. The summed E-state index contributed by atoms with van der Waals surface area (Å²) in [5.74, 6) is 0.751. The first-order valence-corrected chi connectivity index (χ1v) is 5.78. The van der Waals surface area contributed by atoms with Gasteiger partial charge in [0.1, 0.15) is 0 Å². The number of hydrogen-bond acceptors (Lipinski definition) is 3. The number of hydrogen-bond donors (Lipinski definition) is 3. The van der Waals surface area contributed by atoms with Gasteiger partial charge in [-0.3, -0.25) is 0 Å². The van der Waals surface area contributed by atoms with Gasteiger partial charge < -0.3 is 16.2 Å². The first-order chi connectivity index (χ1) is 6.56. The normalized spacial score (nSPS) is 42.6. The highest BCUT2D eigenvalue weighted by Crippen LogP contribution is 2.38. The SMILES string of the molecule is CC1CCCC(O)(C2(N)CNC2)CC1. The number of rotatable bonds is 1. The monoisotopic (exact) mass is 198 g/mol. The molecule has 1 heterocycles. The molecule has 3 nitrogen and oxygen atoms in total. The lowest BCUT2D eigenvalue weighted by molar-refractivity contribution is -0.0698. The average Bonchev–Trinajstić information content (AvgIpc) is 2.26. The third-order valence-electron chi connectivity index (χ3n) is 4.15.